The van der Waals surface area contributed by atoms with Crippen LogP contribution in [0.3, 0.4) is 0 Å². The third-order valence-corrected chi connectivity index (χ3v) is 6.05. The van der Waals surface area contributed by atoms with E-state index in [4.69, 9.17) is 0 Å². The van der Waals surface area contributed by atoms with Crippen molar-refractivity contribution in [3.05, 3.63) is 17.5 Å². The summed E-state index contributed by atoms with van der Waals surface area (Å²) in [7, 11) is 0. The summed E-state index contributed by atoms with van der Waals surface area (Å²) in [6.45, 7) is 5.96. The van der Waals surface area contributed by atoms with Gasteiger partial charge in [-0.25, -0.2) is 0 Å². The molecule has 3 fully saturated rings. The molecule has 1 aromatic heterocycles. The lowest BCUT2D eigenvalue weighted by atomic mass is 9.93. The molecule has 1 saturated heterocycles. The van der Waals surface area contributed by atoms with Crippen molar-refractivity contribution in [1.82, 2.24) is 14.7 Å². The normalized spacial score (nSPS) is 24.7. The van der Waals surface area contributed by atoms with Crippen LogP contribution in [-0.2, 0) is 11.3 Å². The van der Waals surface area contributed by atoms with Crippen LogP contribution < -0.4 is 0 Å². The summed E-state index contributed by atoms with van der Waals surface area (Å²) in [6, 6.07) is 2.47. The van der Waals surface area contributed by atoms with Crippen LogP contribution in [0.5, 0.6) is 0 Å². The Morgan fingerprint density at radius 3 is 2.48 bits per heavy atom. The maximum atomic E-state index is 12.9. The second-order valence-corrected chi connectivity index (χ2v) is 8.04. The fourth-order valence-corrected chi connectivity index (χ4v) is 4.50. The maximum absolute atomic E-state index is 12.9. The van der Waals surface area contributed by atoms with Crippen LogP contribution in [-0.4, -0.2) is 33.2 Å². The number of carbonyl (C=O) groups is 1. The molecular weight excluding hydrogens is 286 g/mol. The quantitative estimate of drug-likeness (QED) is 0.807. The summed E-state index contributed by atoms with van der Waals surface area (Å²) >= 11 is 0. The highest BCUT2D eigenvalue weighted by Crippen LogP contribution is 2.51. The van der Waals surface area contributed by atoms with Crippen LogP contribution in [0.2, 0.25) is 0 Å². The summed E-state index contributed by atoms with van der Waals surface area (Å²) in [6.07, 6.45) is 8.54. The Morgan fingerprint density at radius 2 is 1.91 bits per heavy atom. The van der Waals surface area contributed by atoms with Crippen molar-refractivity contribution < 1.29 is 4.79 Å². The van der Waals surface area contributed by atoms with Crippen LogP contribution in [0, 0.1) is 31.6 Å². The zero-order valence-corrected chi connectivity index (χ0v) is 14.5. The lowest BCUT2D eigenvalue weighted by molar-refractivity contribution is -0.133. The monoisotopic (exact) mass is 315 g/mol. The first-order valence-corrected chi connectivity index (χ1v) is 9.42. The second kappa shape index (κ2) is 5.95. The first-order chi connectivity index (χ1) is 11.1. The highest BCUT2D eigenvalue weighted by Gasteiger charge is 2.43. The van der Waals surface area contributed by atoms with Gasteiger partial charge in [-0.15, -0.1) is 0 Å². The molecule has 2 aliphatic carbocycles. The molecular formula is C19H29N3O. The highest BCUT2D eigenvalue weighted by molar-refractivity contribution is 5.77. The van der Waals surface area contributed by atoms with Gasteiger partial charge in [0.05, 0.1) is 18.3 Å². The second-order valence-electron chi connectivity index (χ2n) is 8.04. The van der Waals surface area contributed by atoms with E-state index in [0.717, 1.165) is 49.9 Å². The molecule has 4 rings (SSSR count). The predicted molar refractivity (Wildman–Crippen MR) is 90.0 cm³/mol. The van der Waals surface area contributed by atoms with E-state index in [1.807, 2.05) is 6.92 Å². The summed E-state index contributed by atoms with van der Waals surface area (Å²) in [5.41, 5.74) is 2.27. The number of rotatable bonds is 6. The zero-order valence-electron chi connectivity index (χ0n) is 14.5. The van der Waals surface area contributed by atoms with E-state index in [-0.39, 0.29) is 0 Å². The van der Waals surface area contributed by atoms with Crippen molar-refractivity contribution in [3.63, 3.8) is 0 Å². The van der Waals surface area contributed by atoms with E-state index in [1.54, 1.807) is 0 Å². The molecule has 0 N–H and O–H groups in total. The molecule has 1 atom stereocenters. The molecule has 3 aliphatic rings. The Balaban J connectivity index is 1.40. The van der Waals surface area contributed by atoms with Gasteiger partial charge in [-0.05, 0) is 76.2 Å². The number of likely N-dealkylation sites (tertiary alicyclic amines) is 1. The van der Waals surface area contributed by atoms with Gasteiger partial charge in [-0.3, -0.25) is 9.48 Å². The van der Waals surface area contributed by atoms with E-state index in [2.05, 4.69) is 27.7 Å². The summed E-state index contributed by atoms with van der Waals surface area (Å²) in [4.78, 5) is 15.1. The lowest BCUT2D eigenvalue weighted by Crippen LogP contribution is -2.39. The van der Waals surface area contributed by atoms with Gasteiger partial charge < -0.3 is 4.90 Å². The number of hydrogen-bond acceptors (Lipinski definition) is 2. The molecule has 0 spiro atoms. The average molecular weight is 315 g/mol. The van der Waals surface area contributed by atoms with Gasteiger partial charge in [0.25, 0.3) is 0 Å². The van der Waals surface area contributed by atoms with Gasteiger partial charge in [0.2, 0.25) is 5.91 Å². The molecule has 126 valence electrons. The van der Waals surface area contributed by atoms with Gasteiger partial charge >= 0.3 is 0 Å². The number of aryl methyl sites for hydroxylation is 2. The third kappa shape index (κ3) is 3.31. The van der Waals surface area contributed by atoms with Crippen LogP contribution in [0.1, 0.15) is 56.3 Å². The summed E-state index contributed by atoms with van der Waals surface area (Å²) < 4.78 is 2.09. The van der Waals surface area contributed by atoms with Crippen LogP contribution in [0.25, 0.3) is 0 Å². The minimum absolute atomic E-state index is 0.347. The van der Waals surface area contributed by atoms with Gasteiger partial charge in [0.1, 0.15) is 0 Å². The van der Waals surface area contributed by atoms with Gasteiger partial charge in [0, 0.05) is 18.7 Å². The van der Waals surface area contributed by atoms with Crippen molar-refractivity contribution in [1.29, 1.82) is 0 Å². The molecule has 2 saturated carbocycles. The van der Waals surface area contributed by atoms with Crippen molar-refractivity contribution in [2.24, 2.45) is 17.8 Å². The van der Waals surface area contributed by atoms with Crippen LogP contribution in [0.15, 0.2) is 6.07 Å². The molecule has 4 nitrogen and oxygen atoms in total. The molecule has 1 aliphatic heterocycles. The fraction of sp³-hybridized carbons (Fsp3) is 0.789. The molecule has 23 heavy (non-hydrogen) atoms. The van der Waals surface area contributed by atoms with E-state index < -0.39 is 0 Å². The SMILES string of the molecule is Cc1cc(C)n(C[C@H]2CCCN2C(=O)CC(C2CC2)C2CC2)n1. The first kappa shape index (κ1) is 15.2. The van der Waals surface area contributed by atoms with E-state index >= 15 is 0 Å². The topological polar surface area (TPSA) is 38.1 Å². The number of carbonyl (C=O) groups excluding carboxylic acids is 1. The Hall–Kier alpha value is -1.32. The smallest absolute Gasteiger partial charge is 0.223 e. The van der Waals surface area contributed by atoms with Crippen LogP contribution in [0.4, 0.5) is 0 Å². The van der Waals surface area contributed by atoms with Crippen molar-refractivity contribution in [2.75, 3.05) is 6.54 Å². The largest absolute Gasteiger partial charge is 0.338 e. The molecule has 0 unspecified atom stereocenters. The lowest BCUT2D eigenvalue weighted by Gasteiger charge is -2.27. The fourth-order valence-electron chi connectivity index (χ4n) is 4.50. The Kier molecular flexibility index (Phi) is 3.94. The van der Waals surface area contributed by atoms with Crippen molar-refractivity contribution in [3.8, 4) is 0 Å². The molecule has 4 heteroatoms. The number of nitrogens with zero attached hydrogens (tertiary/aromatic N) is 3. The van der Waals surface area contributed by atoms with Gasteiger partial charge in [0.15, 0.2) is 0 Å². The molecule has 1 amide bonds. The molecule has 1 aromatic rings. The van der Waals surface area contributed by atoms with E-state index in [9.17, 15) is 4.79 Å². The minimum atomic E-state index is 0.347. The molecule has 2 heterocycles. The molecule has 0 aromatic carbocycles. The number of aromatic nitrogens is 2. The van der Waals surface area contributed by atoms with Gasteiger partial charge in [-0.1, -0.05) is 0 Å². The standard InChI is InChI=1S/C19H29N3O/c1-13-10-14(2)22(20-13)12-17-4-3-9-21(17)19(23)11-18(15-5-6-15)16-7-8-16/h10,15-18H,3-9,11-12H2,1-2H3/t17-/m1/s1. The Morgan fingerprint density at radius 1 is 1.22 bits per heavy atom. The average Bonchev–Trinajstić information content (AvgIpc) is 3.42. The summed E-state index contributed by atoms with van der Waals surface area (Å²) in [5, 5.41) is 4.58. The van der Waals surface area contributed by atoms with Gasteiger partial charge in [-0.2, -0.15) is 5.10 Å². The predicted octanol–water partition coefficient (Wildman–Crippen LogP) is 3.32. The minimum Gasteiger partial charge on any atom is -0.338 e. The Labute approximate surface area is 139 Å². The Bertz CT molecular complexity index is 573. The van der Waals surface area contributed by atoms with E-state index in [0.29, 0.717) is 17.9 Å². The molecule has 0 radical (unpaired) electrons. The third-order valence-electron chi connectivity index (χ3n) is 6.05. The number of hydrogen-bond donors (Lipinski definition) is 0. The zero-order chi connectivity index (χ0) is 16.0. The van der Waals surface area contributed by atoms with Crippen molar-refractivity contribution >= 4 is 5.91 Å². The highest BCUT2D eigenvalue weighted by atomic mass is 16.2. The van der Waals surface area contributed by atoms with Crippen LogP contribution >= 0.6 is 0 Å². The van der Waals surface area contributed by atoms with E-state index in [1.165, 1.54) is 31.4 Å². The maximum Gasteiger partial charge on any atom is 0.223 e. The first-order valence-electron chi connectivity index (χ1n) is 9.42. The molecule has 0 bridgehead atoms. The number of amides is 1. The van der Waals surface area contributed by atoms with Crippen molar-refractivity contribution in [2.45, 2.75) is 71.4 Å². The summed E-state index contributed by atoms with van der Waals surface area (Å²) in [5.74, 6) is 2.84.